The molecule has 1 amide bonds. The number of benzene rings is 1. The highest BCUT2D eigenvalue weighted by atomic mass is 32.2. The number of hydrogen-bond donors (Lipinski definition) is 0. The standard InChI is InChI=1S/C24H31N3O5S/c1-18-9-16-26(17-10-18)33(30,31)21-7-5-19(6-8-21)23(28)25-14-11-20(12-15-25)27-13-3-4-22(27)24(29)32-2/h3-8,13,18,20H,9-12,14-17H2,1-2H3. The molecular formula is C24H31N3O5S. The van der Waals surface area contributed by atoms with Crippen LogP contribution in [0.15, 0.2) is 47.5 Å². The second-order valence-corrected chi connectivity index (χ2v) is 10.9. The van der Waals surface area contributed by atoms with Gasteiger partial charge in [-0.1, -0.05) is 6.92 Å². The van der Waals surface area contributed by atoms with E-state index in [0.29, 0.717) is 43.4 Å². The van der Waals surface area contributed by atoms with Gasteiger partial charge in [-0.2, -0.15) is 4.31 Å². The molecule has 1 aromatic carbocycles. The number of likely N-dealkylation sites (tertiary alicyclic amines) is 1. The number of piperidine rings is 2. The van der Waals surface area contributed by atoms with Gasteiger partial charge < -0.3 is 14.2 Å². The Bertz CT molecular complexity index is 1090. The fourth-order valence-corrected chi connectivity index (χ4v) is 6.13. The quantitative estimate of drug-likeness (QED) is 0.623. The summed E-state index contributed by atoms with van der Waals surface area (Å²) in [5.41, 5.74) is 0.998. The number of carbonyl (C=O) groups is 2. The van der Waals surface area contributed by atoms with Crippen LogP contribution >= 0.6 is 0 Å². The molecule has 2 aromatic rings. The topological polar surface area (TPSA) is 88.9 Å². The van der Waals surface area contributed by atoms with Crippen molar-refractivity contribution in [2.75, 3.05) is 33.3 Å². The number of rotatable bonds is 5. The summed E-state index contributed by atoms with van der Waals surface area (Å²) in [7, 11) is -2.17. The van der Waals surface area contributed by atoms with Crippen molar-refractivity contribution in [1.29, 1.82) is 0 Å². The van der Waals surface area contributed by atoms with E-state index in [1.54, 1.807) is 27.4 Å². The normalized spacial score (nSPS) is 18.9. The molecule has 9 heteroatoms. The van der Waals surface area contributed by atoms with Crippen LogP contribution in [0.1, 0.15) is 59.5 Å². The maximum absolute atomic E-state index is 13.0. The van der Waals surface area contributed by atoms with Crippen molar-refractivity contribution < 1.29 is 22.7 Å². The summed E-state index contributed by atoms with van der Waals surface area (Å²) in [5, 5.41) is 0. The SMILES string of the molecule is COC(=O)c1cccn1C1CCN(C(=O)c2ccc(S(=O)(=O)N3CCC(C)CC3)cc2)CC1. The molecule has 4 rings (SSSR count). The molecule has 2 aliphatic rings. The van der Waals surface area contributed by atoms with E-state index in [2.05, 4.69) is 6.92 Å². The van der Waals surface area contributed by atoms with E-state index in [1.165, 1.54) is 19.2 Å². The predicted molar refractivity (Wildman–Crippen MR) is 124 cm³/mol. The van der Waals surface area contributed by atoms with Gasteiger partial charge in [0.2, 0.25) is 10.0 Å². The van der Waals surface area contributed by atoms with Crippen LogP contribution in [0.5, 0.6) is 0 Å². The molecule has 178 valence electrons. The predicted octanol–water partition coefficient (Wildman–Crippen LogP) is 3.17. The van der Waals surface area contributed by atoms with Gasteiger partial charge in [-0.15, -0.1) is 0 Å². The van der Waals surface area contributed by atoms with Crippen LogP contribution in [0.25, 0.3) is 0 Å². The van der Waals surface area contributed by atoms with E-state index < -0.39 is 10.0 Å². The summed E-state index contributed by atoms with van der Waals surface area (Å²) in [4.78, 5) is 27.0. The molecule has 0 bridgehead atoms. The Kier molecular flexibility index (Phi) is 6.90. The van der Waals surface area contributed by atoms with Gasteiger partial charge in [0.05, 0.1) is 12.0 Å². The molecule has 0 saturated carbocycles. The lowest BCUT2D eigenvalue weighted by molar-refractivity contribution is 0.0573. The molecule has 0 unspecified atom stereocenters. The molecule has 0 atom stereocenters. The van der Waals surface area contributed by atoms with Gasteiger partial charge in [0.1, 0.15) is 5.69 Å². The van der Waals surface area contributed by atoms with Crippen LogP contribution in [0.2, 0.25) is 0 Å². The zero-order chi connectivity index (χ0) is 23.6. The fourth-order valence-electron chi connectivity index (χ4n) is 4.66. The third kappa shape index (κ3) is 4.84. The molecule has 0 spiro atoms. The van der Waals surface area contributed by atoms with Gasteiger partial charge in [-0.3, -0.25) is 4.79 Å². The molecule has 2 fully saturated rings. The van der Waals surface area contributed by atoms with Crippen molar-refractivity contribution in [3.8, 4) is 0 Å². The molecule has 1 aromatic heterocycles. The number of hydrogen-bond acceptors (Lipinski definition) is 5. The van der Waals surface area contributed by atoms with Crippen molar-refractivity contribution in [3.63, 3.8) is 0 Å². The van der Waals surface area contributed by atoms with Gasteiger partial charge in [0.25, 0.3) is 5.91 Å². The fraction of sp³-hybridized carbons (Fsp3) is 0.500. The third-order valence-electron chi connectivity index (χ3n) is 6.80. The molecule has 0 N–H and O–H groups in total. The first-order valence-electron chi connectivity index (χ1n) is 11.5. The van der Waals surface area contributed by atoms with Gasteiger partial charge >= 0.3 is 5.97 Å². The minimum atomic E-state index is -3.53. The Balaban J connectivity index is 1.39. The summed E-state index contributed by atoms with van der Waals surface area (Å²) in [6.07, 6.45) is 5.07. The summed E-state index contributed by atoms with van der Waals surface area (Å²) in [6, 6.07) is 9.97. The Hall–Kier alpha value is -2.65. The van der Waals surface area contributed by atoms with E-state index in [-0.39, 0.29) is 22.8 Å². The number of methoxy groups -OCH3 is 1. The first kappa shape index (κ1) is 23.5. The second kappa shape index (κ2) is 9.69. The van der Waals surface area contributed by atoms with Crippen LogP contribution in [-0.4, -0.2) is 67.4 Å². The molecular weight excluding hydrogens is 442 g/mol. The monoisotopic (exact) mass is 473 g/mol. The Morgan fingerprint density at radius 1 is 0.939 bits per heavy atom. The van der Waals surface area contributed by atoms with E-state index in [4.69, 9.17) is 4.74 Å². The van der Waals surface area contributed by atoms with Crippen LogP contribution in [-0.2, 0) is 14.8 Å². The highest BCUT2D eigenvalue weighted by molar-refractivity contribution is 7.89. The Labute approximate surface area is 195 Å². The van der Waals surface area contributed by atoms with Crippen molar-refractivity contribution in [1.82, 2.24) is 13.8 Å². The van der Waals surface area contributed by atoms with Gasteiger partial charge in [0, 0.05) is 44.0 Å². The first-order chi connectivity index (χ1) is 15.8. The Morgan fingerprint density at radius 3 is 2.18 bits per heavy atom. The summed E-state index contributed by atoms with van der Waals surface area (Å²) < 4.78 is 34.2. The minimum Gasteiger partial charge on any atom is -0.464 e. The number of ether oxygens (including phenoxy) is 1. The third-order valence-corrected chi connectivity index (χ3v) is 8.71. The van der Waals surface area contributed by atoms with E-state index in [0.717, 1.165) is 25.7 Å². The van der Waals surface area contributed by atoms with Crippen LogP contribution < -0.4 is 0 Å². The smallest absolute Gasteiger partial charge is 0.354 e. The molecule has 0 aliphatic carbocycles. The second-order valence-electron chi connectivity index (χ2n) is 8.93. The molecule has 2 aliphatic heterocycles. The van der Waals surface area contributed by atoms with Crippen molar-refractivity contribution in [2.45, 2.75) is 43.5 Å². The van der Waals surface area contributed by atoms with E-state index in [9.17, 15) is 18.0 Å². The van der Waals surface area contributed by atoms with E-state index in [1.807, 2.05) is 16.8 Å². The van der Waals surface area contributed by atoms with Gasteiger partial charge in [-0.05, 0) is 68.0 Å². The Morgan fingerprint density at radius 2 is 1.58 bits per heavy atom. The molecule has 33 heavy (non-hydrogen) atoms. The average Bonchev–Trinajstić information content (AvgIpc) is 3.33. The van der Waals surface area contributed by atoms with Crippen LogP contribution in [0.4, 0.5) is 0 Å². The van der Waals surface area contributed by atoms with Crippen molar-refractivity contribution in [2.24, 2.45) is 5.92 Å². The summed E-state index contributed by atoms with van der Waals surface area (Å²) >= 11 is 0. The summed E-state index contributed by atoms with van der Waals surface area (Å²) in [6.45, 7) is 4.35. The summed E-state index contributed by atoms with van der Waals surface area (Å²) in [5.74, 6) is 0.0719. The largest absolute Gasteiger partial charge is 0.464 e. The lowest BCUT2D eigenvalue weighted by atomic mass is 10.0. The first-order valence-corrected chi connectivity index (χ1v) is 12.9. The van der Waals surface area contributed by atoms with Crippen molar-refractivity contribution >= 4 is 21.9 Å². The highest BCUT2D eigenvalue weighted by Crippen LogP contribution is 2.27. The van der Waals surface area contributed by atoms with Crippen LogP contribution in [0, 0.1) is 5.92 Å². The van der Waals surface area contributed by atoms with Gasteiger partial charge in [0.15, 0.2) is 0 Å². The maximum Gasteiger partial charge on any atom is 0.354 e. The molecule has 0 radical (unpaired) electrons. The molecule has 2 saturated heterocycles. The number of esters is 1. The molecule has 3 heterocycles. The van der Waals surface area contributed by atoms with Crippen molar-refractivity contribution in [3.05, 3.63) is 53.9 Å². The highest BCUT2D eigenvalue weighted by Gasteiger charge is 2.29. The zero-order valence-corrected chi connectivity index (χ0v) is 20.0. The number of sulfonamides is 1. The van der Waals surface area contributed by atoms with E-state index >= 15 is 0 Å². The number of nitrogens with zero attached hydrogens (tertiary/aromatic N) is 3. The number of aromatic nitrogens is 1. The minimum absolute atomic E-state index is 0.107. The average molecular weight is 474 g/mol. The van der Waals surface area contributed by atoms with Crippen LogP contribution in [0.3, 0.4) is 0 Å². The number of carbonyl (C=O) groups excluding carboxylic acids is 2. The zero-order valence-electron chi connectivity index (χ0n) is 19.1. The lowest BCUT2D eigenvalue weighted by Gasteiger charge is -2.33. The number of amides is 1. The lowest BCUT2D eigenvalue weighted by Crippen LogP contribution is -2.39. The van der Waals surface area contributed by atoms with Gasteiger partial charge in [-0.25, -0.2) is 13.2 Å². The maximum atomic E-state index is 13.0. The molecule has 8 nitrogen and oxygen atoms in total.